The van der Waals surface area contributed by atoms with E-state index in [-0.39, 0.29) is 0 Å². The summed E-state index contributed by atoms with van der Waals surface area (Å²) in [6, 6.07) is 8.20. The molecular weight excluding hydrogens is 240 g/mol. The van der Waals surface area contributed by atoms with Gasteiger partial charge in [-0.1, -0.05) is 43.6 Å². The minimum Gasteiger partial charge on any atom is -0.304 e. The molecule has 3 heteroatoms. The lowest BCUT2D eigenvalue weighted by atomic mass is 10.2. The van der Waals surface area contributed by atoms with Gasteiger partial charge in [0.05, 0.1) is 5.02 Å². The van der Waals surface area contributed by atoms with Crippen LogP contribution in [0, 0.1) is 6.92 Å². The highest BCUT2D eigenvalue weighted by Crippen LogP contribution is 2.33. The second kappa shape index (κ2) is 8.31. The van der Waals surface area contributed by atoms with Gasteiger partial charge in [0, 0.05) is 15.0 Å². The quantitative estimate of drug-likeness (QED) is 0.600. The van der Waals surface area contributed by atoms with Crippen molar-refractivity contribution in [2.75, 3.05) is 0 Å². The average molecular weight is 257 g/mol. The van der Waals surface area contributed by atoms with Gasteiger partial charge in [-0.15, -0.1) is 11.3 Å². The second-order valence-electron chi connectivity index (χ2n) is 2.70. The van der Waals surface area contributed by atoms with Crippen LogP contribution in [-0.4, -0.2) is 6.29 Å². The number of carbonyl (C=O) groups is 1. The van der Waals surface area contributed by atoms with Crippen molar-refractivity contribution in [1.29, 1.82) is 0 Å². The topological polar surface area (TPSA) is 17.1 Å². The lowest BCUT2D eigenvalue weighted by Gasteiger charge is -1.86. The summed E-state index contributed by atoms with van der Waals surface area (Å²) in [5.74, 6) is 0. The fraction of sp³-hybridized carbons (Fsp3) is 0.308. The minimum atomic E-state index is 0.750. The monoisotopic (exact) mass is 256 g/mol. The Morgan fingerprint density at radius 2 is 1.75 bits per heavy atom. The van der Waals surface area contributed by atoms with Crippen LogP contribution < -0.4 is 0 Å². The normalized spacial score (nSPS) is 8.56. The number of halogens is 1. The van der Waals surface area contributed by atoms with E-state index in [1.54, 1.807) is 11.3 Å². The van der Waals surface area contributed by atoms with Crippen molar-refractivity contribution in [3.8, 4) is 0 Å². The van der Waals surface area contributed by atoms with Crippen LogP contribution in [-0.2, 0) is 4.79 Å². The maximum absolute atomic E-state index is 8.81. The van der Waals surface area contributed by atoms with Crippen molar-refractivity contribution in [3.63, 3.8) is 0 Å². The van der Waals surface area contributed by atoms with Crippen molar-refractivity contribution in [2.24, 2.45) is 0 Å². The molecular formula is C13H17ClOS. The van der Waals surface area contributed by atoms with E-state index in [2.05, 4.69) is 12.1 Å². The molecule has 1 heterocycles. The third-order valence-corrected chi connectivity index (χ3v) is 3.38. The fourth-order valence-corrected chi connectivity index (χ4v) is 2.43. The molecule has 0 fully saturated rings. The Labute approximate surface area is 106 Å². The average Bonchev–Trinajstić information content (AvgIpc) is 2.60. The number of thiophene rings is 1. The summed E-state index contributed by atoms with van der Waals surface area (Å²) in [4.78, 5) is 10.0. The summed E-state index contributed by atoms with van der Waals surface area (Å²) in [6.07, 6.45) is 0.750. The molecule has 0 aliphatic rings. The van der Waals surface area contributed by atoms with Gasteiger partial charge in [-0.05, 0) is 19.9 Å². The Balaban J connectivity index is 0.000000394. The van der Waals surface area contributed by atoms with E-state index < -0.39 is 0 Å². The third-order valence-electron chi connectivity index (χ3n) is 1.70. The molecule has 0 aliphatic carbocycles. The van der Waals surface area contributed by atoms with Crippen LogP contribution >= 0.6 is 22.9 Å². The van der Waals surface area contributed by atoms with Gasteiger partial charge in [-0.2, -0.15) is 0 Å². The fourth-order valence-electron chi connectivity index (χ4n) is 1.14. The molecule has 0 spiro atoms. The molecule has 0 amide bonds. The standard InChI is InChI=1S/C9H7ClS.C2H4O.C2H6/c1-6-9(10)7-4-2-3-5-8(7)11-6;1-2-3;1-2/h2-5H,1H3;2H,1H3;1-2H3. The molecule has 0 aliphatic heterocycles. The number of aldehydes is 1. The number of hydrogen-bond donors (Lipinski definition) is 0. The molecule has 0 saturated carbocycles. The van der Waals surface area contributed by atoms with Crippen molar-refractivity contribution in [2.45, 2.75) is 27.7 Å². The van der Waals surface area contributed by atoms with E-state index in [0.29, 0.717) is 0 Å². The second-order valence-corrected chi connectivity index (χ2v) is 4.34. The van der Waals surface area contributed by atoms with Gasteiger partial charge in [0.1, 0.15) is 6.29 Å². The Bertz CT molecular complexity index is 434. The molecule has 2 rings (SSSR count). The van der Waals surface area contributed by atoms with Crippen LogP contribution in [0.3, 0.4) is 0 Å². The zero-order valence-electron chi connectivity index (χ0n) is 10.1. The summed E-state index contributed by atoms with van der Waals surface area (Å²) >= 11 is 7.80. The molecule has 0 radical (unpaired) electrons. The van der Waals surface area contributed by atoms with Gasteiger partial charge in [0.2, 0.25) is 0 Å². The highest BCUT2D eigenvalue weighted by Gasteiger charge is 2.03. The molecule has 0 N–H and O–H groups in total. The Morgan fingerprint density at radius 3 is 2.25 bits per heavy atom. The van der Waals surface area contributed by atoms with E-state index in [0.717, 1.165) is 11.3 Å². The number of fused-ring (bicyclic) bond motifs is 1. The van der Waals surface area contributed by atoms with Gasteiger partial charge in [0.15, 0.2) is 0 Å². The molecule has 1 aromatic heterocycles. The van der Waals surface area contributed by atoms with Gasteiger partial charge in [-0.3, -0.25) is 0 Å². The first-order valence-electron chi connectivity index (χ1n) is 5.24. The largest absolute Gasteiger partial charge is 0.304 e. The summed E-state index contributed by atoms with van der Waals surface area (Å²) in [5, 5.41) is 2.09. The van der Waals surface area contributed by atoms with E-state index in [9.17, 15) is 0 Å². The smallest absolute Gasteiger partial charge is 0.116 e. The Hall–Kier alpha value is -0.860. The van der Waals surface area contributed by atoms with Crippen molar-refractivity contribution in [1.82, 2.24) is 0 Å². The van der Waals surface area contributed by atoms with Crippen molar-refractivity contribution < 1.29 is 4.79 Å². The molecule has 1 nitrogen and oxygen atoms in total. The zero-order chi connectivity index (χ0) is 12.6. The number of aryl methyl sites for hydroxylation is 1. The summed E-state index contributed by atoms with van der Waals surface area (Å²) in [5.41, 5.74) is 0. The van der Waals surface area contributed by atoms with Crippen molar-refractivity contribution >= 4 is 39.3 Å². The number of carbonyl (C=O) groups excluding carboxylic acids is 1. The predicted octanol–water partition coefficient (Wildman–Crippen LogP) is 5.09. The molecule has 0 bridgehead atoms. The van der Waals surface area contributed by atoms with Crippen LogP contribution in [0.15, 0.2) is 24.3 Å². The van der Waals surface area contributed by atoms with Gasteiger partial charge < -0.3 is 4.79 Å². The van der Waals surface area contributed by atoms with E-state index >= 15 is 0 Å². The highest BCUT2D eigenvalue weighted by atomic mass is 35.5. The van der Waals surface area contributed by atoms with Gasteiger partial charge in [-0.25, -0.2) is 0 Å². The Kier molecular flexibility index (Phi) is 7.86. The van der Waals surface area contributed by atoms with Crippen molar-refractivity contribution in [3.05, 3.63) is 34.2 Å². The Morgan fingerprint density at radius 1 is 1.25 bits per heavy atom. The van der Waals surface area contributed by atoms with Crippen LogP contribution in [0.5, 0.6) is 0 Å². The first kappa shape index (κ1) is 15.1. The number of hydrogen-bond acceptors (Lipinski definition) is 2. The zero-order valence-corrected chi connectivity index (χ0v) is 11.7. The summed E-state index contributed by atoms with van der Waals surface area (Å²) in [6.45, 7) is 7.49. The molecule has 2 aromatic rings. The van der Waals surface area contributed by atoms with Crippen LogP contribution in [0.4, 0.5) is 0 Å². The SMILES string of the molecule is CC.CC=O.Cc1sc2ccccc2c1Cl. The molecule has 0 atom stereocenters. The highest BCUT2D eigenvalue weighted by molar-refractivity contribution is 7.19. The van der Waals surface area contributed by atoms with E-state index in [1.165, 1.54) is 21.9 Å². The maximum atomic E-state index is 8.81. The summed E-state index contributed by atoms with van der Waals surface area (Å²) < 4.78 is 1.27. The van der Waals surface area contributed by atoms with E-state index in [4.69, 9.17) is 16.4 Å². The first-order valence-corrected chi connectivity index (χ1v) is 6.43. The van der Waals surface area contributed by atoms with E-state index in [1.807, 2.05) is 32.9 Å². The lowest BCUT2D eigenvalue weighted by Crippen LogP contribution is -1.61. The van der Waals surface area contributed by atoms with Crippen LogP contribution in [0.25, 0.3) is 10.1 Å². The number of rotatable bonds is 0. The van der Waals surface area contributed by atoms with Crippen LogP contribution in [0.1, 0.15) is 25.6 Å². The molecule has 16 heavy (non-hydrogen) atoms. The molecule has 0 saturated heterocycles. The third kappa shape index (κ3) is 3.95. The van der Waals surface area contributed by atoms with Crippen LogP contribution in [0.2, 0.25) is 5.02 Å². The minimum absolute atomic E-state index is 0.750. The predicted molar refractivity (Wildman–Crippen MR) is 74.7 cm³/mol. The first-order chi connectivity index (χ1) is 7.70. The van der Waals surface area contributed by atoms with Gasteiger partial charge >= 0.3 is 0 Å². The van der Waals surface area contributed by atoms with Gasteiger partial charge in [0.25, 0.3) is 0 Å². The maximum Gasteiger partial charge on any atom is 0.116 e. The lowest BCUT2D eigenvalue weighted by molar-refractivity contribution is -0.106. The molecule has 1 aromatic carbocycles. The molecule has 88 valence electrons. The molecule has 0 unspecified atom stereocenters. The number of benzene rings is 1. The summed E-state index contributed by atoms with van der Waals surface area (Å²) in [7, 11) is 0.